The second-order valence-electron chi connectivity index (χ2n) is 5.05. The van der Waals surface area contributed by atoms with E-state index in [1.807, 2.05) is 0 Å². The Morgan fingerprint density at radius 2 is 2.10 bits per heavy atom. The number of ether oxygens (including phenoxy) is 2. The number of amides is 1. The van der Waals surface area contributed by atoms with Crippen LogP contribution in [0.5, 0.6) is 11.5 Å². The third kappa shape index (κ3) is 2.86. The van der Waals surface area contributed by atoms with Gasteiger partial charge in [-0.25, -0.2) is 0 Å². The first kappa shape index (κ1) is 13.2. The van der Waals surface area contributed by atoms with Crippen LogP contribution in [0.4, 0.5) is 5.69 Å². The summed E-state index contributed by atoms with van der Waals surface area (Å²) in [6, 6.07) is 5.01. The SMILES string of the molecule is O=C(Nc1ccc2c(c1)OCCCO2)C1CC(O)CN1. The van der Waals surface area contributed by atoms with Crippen LogP contribution >= 0.6 is 0 Å². The predicted molar refractivity (Wildman–Crippen MR) is 73.1 cm³/mol. The zero-order valence-electron chi connectivity index (χ0n) is 11.1. The molecule has 1 aromatic rings. The number of benzene rings is 1. The molecule has 2 atom stereocenters. The van der Waals surface area contributed by atoms with E-state index >= 15 is 0 Å². The van der Waals surface area contributed by atoms with Crippen LogP contribution in [0.1, 0.15) is 12.8 Å². The van der Waals surface area contributed by atoms with Crippen molar-refractivity contribution in [2.75, 3.05) is 25.1 Å². The molecule has 1 saturated heterocycles. The Kier molecular flexibility index (Phi) is 3.75. The van der Waals surface area contributed by atoms with Gasteiger partial charge in [0.1, 0.15) is 0 Å². The first-order chi connectivity index (χ1) is 9.72. The van der Waals surface area contributed by atoms with E-state index in [0.29, 0.717) is 43.4 Å². The van der Waals surface area contributed by atoms with Crippen molar-refractivity contribution in [1.29, 1.82) is 0 Å². The Bertz CT molecular complexity index is 506. The fraction of sp³-hybridized carbons (Fsp3) is 0.500. The van der Waals surface area contributed by atoms with Crippen molar-refractivity contribution < 1.29 is 19.4 Å². The van der Waals surface area contributed by atoms with Crippen LogP contribution in [0.3, 0.4) is 0 Å². The average molecular weight is 278 g/mol. The van der Waals surface area contributed by atoms with E-state index in [-0.39, 0.29) is 11.9 Å². The fourth-order valence-corrected chi connectivity index (χ4v) is 2.39. The molecule has 1 amide bonds. The van der Waals surface area contributed by atoms with Crippen LogP contribution in [0.25, 0.3) is 0 Å². The topological polar surface area (TPSA) is 79.8 Å². The van der Waals surface area contributed by atoms with E-state index in [2.05, 4.69) is 10.6 Å². The Hall–Kier alpha value is -1.79. The molecule has 3 N–H and O–H groups in total. The normalized spacial score (nSPS) is 25.1. The fourth-order valence-electron chi connectivity index (χ4n) is 2.39. The average Bonchev–Trinajstić information content (AvgIpc) is 2.74. The molecule has 6 heteroatoms. The lowest BCUT2D eigenvalue weighted by Gasteiger charge is -2.13. The van der Waals surface area contributed by atoms with Crippen LogP contribution in [0.2, 0.25) is 0 Å². The number of aliphatic hydroxyl groups is 1. The highest BCUT2D eigenvalue weighted by Gasteiger charge is 2.28. The van der Waals surface area contributed by atoms with Crippen LogP contribution in [-0.4, -0.2) is 42.9 Å². The molecule has 0 aromatic heterocycles. The summed E-state index contributed by atoms with van der Waals surface area (Å²) >= 11 is 0. The molecule has 108 valence electrons. The minimum absolute atomic E-state index is 0.143. The van der Waals surface area contributed by atoms with Crippen molar-refractivity contribution in [1.82, 2.24) is 5.32 Å². The zero-order valence-corrected chi connectivity index (χ0v) is 11.1. The molecule has 0 radical (unpaired) electrons. The van der Waals surface area contributed by atoms with Crippen molar-refractivity contribution in [3.8, 4) is 11.5 Å². The van der Waals surface area contributed by atoms with Crippen molar-refractivity contribution in [2.24, 2.45) is 0 Å². The molecule has 0 spiro atoms. The van der Waals surface area contributed by atoms with E-state index < -0.39 is 6.10 Å². The summed E-state index contributed by atoms with van der Waals surface area (Å²) in [5.74, 6) is 1.21. The quantitative estimate of drug-likeness (QED) is 0.734. The van der Waals surface area contributed by atoms with Gasteiger partial charge >= 0.3 is 0 Å². The molecule has 0 bridgehead atoms. The Morgan fingerprint density at radius 3 is 2.85 bits per heavy atom. The second kappa shape index (κ2) is 5.68. The zero-order chi connectivity index (χ0) is 13.9. The number of aliphatic hydroxyl groups excluding tert-OH is 1. The molecular weight excluding hydrogens is 260 g/mol. The van der Waals surface area contributed by atoms with Gasteiger partial charge in [-0.15, -0.1) is 0 Å². The summed E-state index contributed by atoms with van der Waals surface area (Å²) < 4.78 is 11.1. The van der Waals surface area contributed by atoms with Gasteiger partial charge in [-0.3, -0.25) is 4.79 Å². The van der Waals surface area contributed by atoms with Crippen molar-refractivity contribution in [3.63, 3.8) is 0 Å². The van der Waals surface area contributed by atoms with Gasteiger partial charge in [0.15, 0.2) is 11.5 Å². The second-order valence-corrected chi connectivity index (χ2v) is 5.05. The largest absolute Gasteiger partial charge is 0.490 e. The maximum absolute atomic E-state index is 12.0. The number of fused-ring (bicyclic) bond motifs is 1. The summed E-state index contributed by atoms with van der Waals surface area (Å²) in [5.41, 5.74) is 0.669. The minimum atomic E-state index is -0.450. The maximum Gasteiger partial charge on any atom is 0.241 e. The van der Waals surface area contributed by atoms with E-state index in [9.17, 15) is 9.90 Å². The summed E-state index contributed by atoms with van der Waals surface area (Å²) in [7, 11) is 0. The van der Waals surface area contributed by atoms with Crippen LogP contribution < -0.4 is 20.1 Å². The summed E-state index contributed by atoms with van der Waals surface area (Å²) in [6.45, 7) is 1.71. The van der Waals surface area contributed by atoms with Gasteiger partial charge in [0.2, 0.25) is 5.91 Å². The smallest absolute Gasteiger partial charge is 0.241 e. The molecule has 3 rings (SSSR count). The monoisotopic (exact) mass is 278 g/mol. The van der Waals surface area contributed by atoms with Crippen molar-refractivity contribution in [3.05, 3.63) is 18.2 Å². The van der Waals surface area contributed by atoms with Crippen molar-refractivity contribution >= 4 is 11.6 Å². The van der Waals surface area contributed by atoms with Gasteiger partial charge in [0.25, 0.3) is 0 Å². The molecule has 1 fully saturated rings. The first-order valence-corrected chi connectivity index (χ1v) is 6.84. The summed E-state index contributed by atoms with van der Waals surface area (Å²) in [4.78, 5) is 12.0. The molecule has 2 aliphatic heterocycles. The lowest BCUT2D eigenvalue weighted by Crippen LogP contribution is -2.35. The molecule has 6 nitrogen and oxygen atoms in total. The summed E-state index contributed by atoms with van der Waals surface area (Å²) in [6.07, 6.45) is 0.839. The molecule has 20 heavy (non-hydrogen) atoms. The van der Waals surface area contributed by atoms with E-state index in [4.69, 9.17) is 9.47 Å². The van der Waals surface area contributed by atoms with Gasteiger partial charge in [0, 0.05) is 24.7 Å². The minimum Gasteiger partial charge on any atom is -0.490 e. The Labute approximate surface area is 117 Å². The number of hydrogen-bond donors (Lipinski definition) is 3. The molecule has 2 unspecified atom stereocenters. The number of nitrogens with one attached hydrogen (secondary N) is 2. The maximum atomic E-state index is 12.0. The molecule has 0 saturated carbocycles. The number of rotatable bonds is 2. The lowest BCUT2D eigenvalue weighted by atomic mass is 10.2. The lowest BCUT2D eigenvalue weighted by molar-refractivity contribution is -0.117. The number of carbonyl (C=O) groups is 1. The van der Waals surface area contributed by atoms with Gasteiger partial charge in [-0.2, -0.15) is 0 Å². The van der Waals surface area contributed by atoms with Crippen LogP contribution in [0, 0.1) is 0 Å². The Balaban J connectivity index is 1.68. The predicted octanol–water partition coefficient (Wildman–Crippen LogP) is 0.509. The number of β-amino-alcohol motifs (C(OH)–C–C–N with tert-alkyl or cyclic N) is 1. The molecular formula is C14H18N2O4. The van der Waals surface area contributed by atoms with Gasteiger partial charge in [-0.1, -0.05) is 0 Å². The molecule has 2 heterocycles. The summed E-state index contributed by atoms with van der Waals surface area (Å²) in [5, 5.41) is 15.2. The van der Waals surface area contributed by atoms with Crippen LogP contribution in [-0.2, 0) is 4.79 Å². The van der Waals surface area contributed by atoms with E-state index in [1.54, 1.807) is 18.2 Å². The third-order valence-electron chi connectivity index (χ3n) is 3.44. The number of carbonyl (C=O) groups excluding carboxylic acids is 1. The van der Waals surface area contributed by atoms with Crippen molar-refractivity contribution in [2.45, 2.75) is 25.0 Å². The number of hydrogen-bond acceptors (Lipinski definition) is 5. The molecule has 2 aliphatic rings. The van der Waals surface area contributed by atoms with E-state index in [1.165, 1.54) is 0 Å². The van der Waals surface area contributed by atoms with Crippen LogP contribution in [0.15, 0.2) is 18.2 Å². The molecule has 1 aromatic carbocycles. The van der Waals surface area contributed by atoms with E-state index in [0.717, 1.165) is 6.42 Å². The number of anilines is 1. The third-order valence-corrected chi connectivity index (χ3v) is 3.44. The highest BCUT2D eigenvalue weighted by atomic mass is 16.5. The Morgan fingerprint density at radius 1 is 1.30 bits per heavy atom. The first-order valence-electron chi connectivity index (χ1n) is 6.84. The van der Waals surface area contributed by atoms with Gasteiger partial charge in [0.05, 0.1) is 25.4 Å². The standard InChI is InChI=1S/C14H18N2O4/c17-10-7-11(15-8-10)14(18)16-9-2-3-12-13(6-9)20-5-1-4-19-12/h2-3,6,10-11,15,17H,1,4-5,7-8H2,(H,16,18). The molecule has 0 aliphatic carbocycles. The highest BCUT2D eigenvalue weighted by molar-refractivity contribution is 5.95. The van der Waals surface area contributed by atoms with Gasteiger partial charge < -0.3 is 25.2 Å². The van der Waals surface area contributed by atoms with Gasteiger partial charge in [-0.05, 0) is 18.6 Å². The highest BCUT2D eigenvalue weighted by Crippen LogP contribution is 2.32.